The monoisotopic (exact) mass is 1010 g/mol. The van der Waals surface area contributed by atoms with Crippen molar-refractivity contribution in [3.05, 3.63) is 99.7 Å². The number of hydrogen-bond donors (Lipinski definition) is 4. The number of aromatic nitrogens is 1. The Labute approximate surface area is 427 Å². The number of nitrogens with one attached hydrogen (secondary N) is 2. The molecule has 16 nitrogen and oxygen atoms in total. The number of para-hydroxylation sites is 1. The van der Waals surface area contributed by atoms with Crippen LogP contribution < -0.4 is 26.0 Å². The molecule has 3 aliphatic heterocycles. The molecule has 1 saturated heterocycles. The Morgan fingerprint density at radius 3 is 2.40 bits per heavy atom. The molecular formula is C55H72N6O10S. The van der Waals surface area contributed by atoms with Crippen molar-refractivity contribution < 1.29 is 48.0 Å². The molecule has 7 rings (SSSR count). The van der Waals surface area contributed by atoms with Crippen LogP contribution in [-0.2, 0) is 70.6 Å². The largest absolute Gasteiger partial charge is 0.491 e. The molecule has 0 unspecified atom stereocenters. The number of aliphatic hydroxyl groups excluding tert-OH is 1. The second-order valence-electron chi connectivity index (χ2n) is 20.4. The van der Waals surface area contributed by atoms with E-state index in [0.29, 0.717) is 58.0 Å². The van der Waals surface area contributed by atoms with Gasteiger partial charge in [0, 0.05) is 57.4 Å². The SMILES string of the molecule is Cc1ncsc1-c1ccc(CNC(=O)[C@@H]2C[C@@H](O)CN2C(=O)CC(C)(C)C)c(OCCOCCOCCCc2ccc(CO[C@H](C)[C@H](CCC(N)=O)NC(=O)[C@@H]3Cc4cccc5c4N3C(=O)CCC5)cc2)c1. The average Bonchev–Trinajstić information content (AvgIpc) is 4.05. The van der Waals surface area contributed by atoms with Crippen LogP contribution in [0, 0.1) is 12.3 Å². The van der Waals surface area contributed by atoms with Crippen LogP contribution in [0.5, 0.6) is 5.75 Å². The van der Waals surface area contributed by atoms with Gasteiger partial charge in [-0.05, 0) is 85.3 Å². The molecule has 0 aliphatic carbocycles. The first-order valence-electron chi connectivity index (χ1n) is 25.3. The van der Waals surface area contributed by atoms with E-state index in [0.717, 1.165) is 75.3 Å². The first-order valence-corrected chi connectivity index (χ1v) is 26.2. The number of benzene rings is 3. The molecule has 1 aromatic heterocycles. The maximum atomic E-state index is 13.8. The van der Waals surface area contributed by atoms with Gasteiger partial charge in [-0.2, -0.15) is 0 Å². The highest BCUT2D eigenvalue weighted by Gasteiger charge is 2.42. The summed E-state index contributed by atoms with van der Waals surface area (Å²) in [6, 6.07) is 18.2. The zero-order valence-corrected chi connectivity index (χ0v) is 43.2. The fourth-order valence-corrected chi connectivity index (χ4v) is 10.4. The van der Waals surface area contributed by atoms with Crippen molar-refractivity contribution in [2.75, 3.05) is 44.5 Å². The van der Waals surface area contributed by atoms with Gasteiger partial charge >= 0.3 is 0 Å². The van der Waals surface area contributed by atoms with E-state index in [9.17, 15) is 29.1 Å². The predicted molar refractivity (Wildman–Crippen MR) is 275 cm³/mol. The molecule has 5 amide bonds. The van der Waals surface area contributed by atoms with Gasteiger partial charge in [0.05, 0.1) is 66.4 Å². The number of β-amino-alcohol motifs (C(OH)–C–C–N with tert-alkyl or cyclic N) is 1. The van der Waals surface area contributed by atoms with Crippen molar-refractivity contribution in [1.29, 1.82) is 0 Å². The predicted octanol–water partition coefficient (Wildman–Crippen LogP) is 6.13. The van der Waals surface area contributed by atoms with Crippen LogP contribution in [0.15, 0.2) is 66.2 Å². The summed E-state index contributed by atoms with van der Waals surface area (Å²) < 4.78 is 24.2. The third kappa shape index (κ3) is 14.7. The lowest BCUT2D eigenvalue weighted by Gasteiger charge is -2.29. The third-order valence-electron chi connectivity index (χ3n) is 13.4. The van der Waals surface area contributed by atoms with Crippen LogP contribution >= 0.6 is 11.3 Å². The minimum atomic E-state index is -0.751. The normalized spacial score (nSPS) is 18.4. The minimum Gasteiger partial charge on any atom is -0.491 e. The topological polar surface area (TPSA) is 212 Å². The highest BCUT2D eigenvalue weighted by Crippen LogP contribution is 2.39. The number of hydrogen-bond acceptors (Lipinski definition) is 12. The average molecular weight is 1010 g/mol. The smallest absolute Gasteiger partial charge is 0.243 e. The molecule has 0 spiro atoms. The number of thiazole rings is 1. The number of nitrogens with two attached hydrogens (primary N) is 1. The van der Waals surface area contributed by atoms with Gasteiger partial charge in [0.2, 0.25) is 29.5 Å². The van der Waals surface area contributed by atoms with Gasteiger partial charge in [0.1, 0.15) is 24.4 Å². The highest BCUT2D eigenvalue weighted by molar-refractivity contribution is 7.13. The number of amides is 5. The maximum Gasteiger partial charge on any atom is 0.243 e. The maximum absolute atomic E-state index is 13.8. The van der Waals surface area contributed by atoms with Gasteiger partial charge in [0.25, 0.3) is 0 Å². The first kappa shape index (κ1) is 54.1. The van der Waals surface area contributed by atoms with Gasteiger partial charge < -0.3 is 45.3 Å². The third-order valence-corrected chi connectivity index (χ3v) is 14.4. The zero-order chi connectivity index (χ0) is 51.4. The van der Waals surface area contributed by atoms with Crippen LogP contribution in [0.4, 0.5) is 5.69 Å². The second-order valence-corrected chi connectivity index (χ2v) is 21.2. The molecular weight excluding hydrogens is 937 g/mol. The number of carbonyl (C=O) groups is 5. The summed E-state index contributed by atoms with van der Waals surface area (Å²) in [7, 11) is 0. The standard InChI is InChI=1S/C55H72N6O10S/c1-35-52(72-34-58-35)41-18-19-42(31-57-53(66)45-29-43(62)32-60(45)50(65)30-55(3,4)5)47(28-41)70-26-25-69-24-23-68-22-8-9-37-14-16-38(17-15-37)33-71-36(2)44(20-21-48(56)63)59-54(67)46-27-40-12-6-10-39-11-7-13-49(64)61(46)51(39)40/h6,10,12,14-19,28,34,36,43-46,62H,7-9,11,13,20-27,29-33H2,1-5H3,(H2,56,63)(H,57,66)(H,59,67)/t36-,43-,44+,45+,46+/m1/s1. The van der Waals surface area contributed by atoms with Gasteiger partial charge in [-0.3, -0.25) is 28.9 Å². The summed E-state index contributed by atoms with van der Waals surface area (Å²) in [6.45, 7) is 12.4. The van der Waals surface area contributed by atoms with Crippen molar-refractivity contribution in [3.63, 3.8) is 0 Å². The molecule has 3 aromatic carbocycles. The Morgan fingerprint density at radius 2 is 1.67 bits per heavy atom. The summed E-state index contributed by atoms with van der Waals surface area (Å²) >= 11 is 1.54. The molecule has 0 bridgehead atoms. The number of aliphatic hydroxyl groups is 1. The highest BCUT2D eigenvalue weighted by atomic mass is 32.1. The Hall–Kier alpha value is -5.72. The molecule has 388 valence electrons. The fourth-order valence-electron chi connectivity index (χ4n) is 9.64. The van der Waals surface area contributed by atoms with Crippen molar-refractivity contribution in [2.45, 2.75) is 142 Å². The lowest BCUT2D eigenvalue weighted by atomic mass is 9.91. The van der Waals surface area contributed by atoms with E-state index in [1.807, 2.05) is 83.1 Å². The van der Waals surface area contributed by atoms with Gasteiger partial charge in [-0.1, -0.05) is 75.4 Å². The van der Waals surface area contributed by atoms with E-state index in [-0.39, 0.29) is 68.0 Å². The Kier molecular flexibility index (Phi) is 19.0. The summed E-state index contributed by atoms with van der Waals surface area (Å²) in [5.74, 6) is -0.609. The van der Waals surface area contributed by atoms with E-state index in [1.165, 1.54) is 4.90 Å². The van der Waals surface area contributed by atoms with E-state index in [1.54, 1.807) is 21.7 Å². The van der Waals surface area contributed by atoms with E-state index in [4.69, 9.17) is 24.7 Å². The quantitative estimate of drug-likeness (QED) is 0.0555. The van der Waals surface area contributed by atoms with Crippen LogP contribution in [0.3, 0.4) is 0 Å². The molecule has 5 atom stereocenters. The number of primary amides is 1. The molecule has 72 heavy (non-hydrogen) atoms. The lowest BCUT2D eigenvalue weighted by molar-refractivity contribution is -0.140. The lowest BCUT2D eigenvalue weighted by Crippen LogP contribution is -2.53. The van der Waals surface area contributed by atoms with Crippen LogP contribution in [0.25, 0.3) is 10.4 Å². The van der Waals surface area contributed by atoms with Gasteiger partial charge in [-0.25, -0.2) is 4.98 Å². The molecule has 4 heterocycles. The van der Waals surface area contributed by atoms with Crippen LogP contribution in [0.1, 0.15) is 106 Å². The number of nitrogens with zero attached hydrogens (tertiary/aromatic N) is 3. The summed E-state index contributed by atoms with van der Waals surface area (Å²) in [5.41, 5.74) is 14.8. The van der Waals surface area contributed by atoms with Crippen molar-refractivity contribution in [3.8, 4) is 16.2 Å². The Balaban J connectivity index is 0.805. The number of ether oxygens (including phenoxy) is 4. The molecule has 0 radical (unpaired) electrons. The Morgan fingerprint density at radius 1 is 0.931 bits per heavy atom. The summed E-state index contributed by atoms with van der Waals surface area (Å²) in [4.78, 5) is 73.9. The zero-order valence-electron chi connectivity index (χ0n) is 42.4. The number of aryl methyl sites for hydroxylation is 3. The number of rotatable bonds is 25. The first-order chi connectivity index (χ1) is 34.5. The van der Waals surface area contributed by atoms with Crippen molar-refractivity contribution in [1.82, 2.24) is 20.5 Å². The van der Waals surface area contributed by atoms with Crippen LogP contribution in [-0.4, -0.2) is 114 Å². The number of carbonyl (C=O) groups excluding carboxylic acids is 5. The second kappa shape index (κ2) is 25.3. The minimum absolute atomic E-state index is 0.0419. The van der Waals surface area contributed by atoms with E-state index >= 15 is 0 Å². The fraction of sp³-hybridized carbons (Fsp3) is 0.527. The van der Waals surface area contributed by atoms with E-state index < -0.39 is 36.2 Å². The van der Waals surface area contributed by atoms with Gasteiger partial charge in [0.15, 0.2) is 0 Å². The number of anilines is 1. The molecule has 0 saturated carbocycles. The van der Waals surface area contributed by atoms with E-state index in [2.05, 4.69) is 27.8 Å². The molecule has 3 aliphatic rings. The molecule has 17 heteroatoms. The molecule has 4 aromatic rings. The van der Waals surface area contributed by atoms with Crippen LogP contribution in [0.2, 0.25) is 0 Å². The summed E-state index contributed by atoms with van der Waals surface area (Å²) in [5, 5.41) is 16.5. The molecule has 1 fully saturated rings. The molecule has 5 N–H and O–H groups in total. The van der Waals surface area contributed by atoms with Crippen molar-refractivity contribution >= 4 is 46.6 Å². The number of likely N-dealkylation sites (tertiary alicyclic amines) is 1. The summed E-state index contributed by atoms with van der Waals surface area (Å²) in [6.07, 6.45) is 3.75. The van der Waals surface area contributed by atoms with Crippen molar-refractivity contribution in [2.24, 2.45) is 11.1 Å². The Bertz CT molecular complexity index is 2510. The van der Waals surface area contributed by atoms with Gasteiger partial charge in [-0.15, -0.1) is 11.3 Å².